The van der Waals surface area contributed by atoms with Gasteiger partial charge in [-0.15, -0.1) is 0 Å². The van der Waals surface area contributed by atoms with E-state index in [1.54, 1.807) is 37.6 Å². The van der Waals surface area contributed by atoms with Crippen LogP contribution in [0.3, 0.4) is 0 Å². The normalized spacial score (nSPS) is 11.9. The molecule has 0 atom stereocenters. The monoisotopic (exact) mass is 583 g/mol. The molecule has 0 aliphatic carbocycles. The van der Waals surface area contributed by atoms with E-state index in [4.69, 9.17) is 24.2 Å². The Bertz CT molecular complexity index is 1730. The number of aromatic nitrogens is 4. The van der Waals surface area contributed by atoms with E-state index < -0.39 is 6.09 Å². The van der Waals surface area contributed by atoms with E-state index >= 15 is 0 Å². The van der Waals surface area contributed by atoms with Crippen LogP contribution >= 0.6 is 0 Å². The highest BCUT2D eigenvalue weighted by molar-refractivity contribution is 5.84. The number of hydrogen-bond donors (Lipinski definition) is 1. The summed E-state index contributed by atoms with van der Waals surface area (Å²) in [6.07, 6.45) is 1.24. The maximum Gasteiger partial charge on any atom is 0.415 e. The van der Waals surface area contributed by atoms with E-state index in [0.717, 1.165) is 11.1 Å². The molecule has 6 rings (SSSR count). The van der Waals surface area contributed by atoms with Gasteiger partial charge in [-0.1, -0.05) is 36.4 Å². The van der Waals surface area contributed by atoms with Crippen LogP contribution in [0.25, 0.3) is 11.2 Å². The highest BCUT2D eigenvalue weighted by atomic mass is 19.1. The molecule has 12 heteroatoms. The number of carbonyl (C=O) groups excluding carboxylic acids is 1. The van der Waals surface area contributed by atoms with Crippen molar-refractivity contribution < 1.29 is 23.4 Å². The number of amides is 1. The summed E-state index contributed by atoms with van der Waals surface area (Å²) in [4.78, 5) is 30.2. The molecule has 0 unspecified atom stereocenters. The van der Waals surface area contributed by atoms with E-state index in [9.17, 15) is 9.18 Å². The Balaban J connectivity index is 1.22. The molecule has 0 saturated carbocycles. The Morgan fingerprint density at radius 1 is 0.977 bits per heavy atom. The highest BCUT2D eigenvalue weighted by Crippen LogP contribution is 2.33. The molecular formula is C31H30FN7O4. The molecule has 0 bridgehead atoms. The summed E-state index contributed by atoms with van der Waals surface area (Å²) >= 11 is 0. The number of halogens is 1. The molecule has 0 saturated heterocycles. The van der Waals surface area contributed by atoms with E-state index in [1.807, 2.05) is 52.9 Å². The fraction of sp³-hybridized carbons (Fsp3) is 0.226. The maximum absolute atomic E-state index is 13.5. The van der Waals surface area contributed by atoms with Gasteiger partial charge in [-0.3, -0.25) is 0 Å². The molecule has 1 amide bonds. The smallest absolute Gasteiger partial charge is 0.415 e. The Labute approximate surface area is 247 Å². The zero-order chi connectivity index (χ0) is 29.8. The molecule has 5 aromatic rings. The number of imidazole rings is 1. The summed E-state index contributed by atoms with van der Waals surface area (Å²) in [6.45, 7) is 1.94. The Morgan fingerprint density at radius 2 is 1.74 bits per heavy atom. The molecule has 0 spiro atoms. The fourth-order valence-electron chi connectivity index (χ4n) is 4.52. The summed E-state index contributed by atoms with van der Waals surface area (Å²) in [5.41, 5.74) is 3.10. The molecule has 1 N–H and O–H groups in total. The molecule has 3 heterocycles. The quantitative estimate of drug-likeness (QED) is 0.245. The molecule has 3 aromatic carbocycles. The highest BCUT2D eigenvalue weighted by Gasteiger charge is 2.19. The number of rotatable bonds is 10. The number of carbonyl (C=O) groups is 1. The molecule has 43 heavy (non-hydrogen) atoms. The number of likely N-dealkylation sites (N-methyl/N-ethyl adjacent to an activating group) is 2. The molecule has 2 aromatic heterocycles. The third-order valence-corrected chi connectivity index (χ3v) is 6.99. The summed E-state index contributed by atoms with van der Waals surface area (Å²) in [7, 11) is 3.54. The zero-order valence-electron chi connectivity index (χ0n) is 23.7. The first-order chi connectivity index (χ1) is 20.9. The van der Waals surface area contributed by atoms with Crippen LogP contribution in [0.15, 0.2) is 79.1 Å². The van der Waals surface area contributed by atoms with Crippen molar-refractivity contribution in [3.05, 3.63) is 96.1 Å². The van der Waals surface area contributed by atoms with Crippen LogP contribution in [-0.2, 0) is 13.1 Å². The van der Waals surface area contributed by atoms with Gasteiger partial charge in [0.25, 0.3) is 0 Å². The fourth-order valence-corrected chi connectivity index (χ4v) is 4.52. The first-order valence-corrected chi connectivity index (χ1v) is 13.7. The predicted molar refractivity (Wildman–Crippen MR) is 159 cm³/mol. The SMILES string of the molecule is CN(CCN(C)c1nc(NCc2ccc3c(c2)OCO3)c2ncn(Cc3ccc(F)cc3)c2n1)C(=O)Oc1ccccc1. The van der Waals surface area contributed by atoms with Crippen LogP contribution in [0.5, 0.6) is 17.2 Å². The van der Waals surface area contributed by atoms with Crippen LogP contribution < -0.4 is 24.4 Å². The van der Waals surface area contributed by atoms with Gasteiger partial charge in [0, 0.05) is 33.7 Å². The zero-order valence-corrected chi connectivity index (χ0v) is 23.7. The molecule has 1 aliphatic heterocycles. The lowest BCUT2D eigenvalue weighted by atomic mass is 10.2. The Morgan fingerprint density at radius 3 is 2.56 bits per heavy atom. The molecule has 1 aliphatic rings. The summed E-state index contributed by atoms with van der Waals surface area (Å²) < 4.78 is 31.8. The standard InChI is InChI=1S/C31H30FN7O4/c1-37(14-15-38(2)31(40)43-24-6-4-3-5-7-24)30-35-28(33-17-22-10-13-25-26(16-22)42-20-41-25)27-29(36-30)39(19-34-27)18-21-8-11-23(32)12-9-21/h3-13,16,19H,14-15,17-18,20H2,1-2H3,(H,33,35,36). The van der Waals surface area contributed by atoms with Crippen molar-refractivity contribution in [2.75, 3.05) is 44.2 Å². The Kier molecular flexibility index (Phi) is 7.90. The lowest BCUT2D eigenvalue weighted by Crippen LogP contribution is -2.37. The number of para-hydroxylation sites is 1. The number of hydrogen-bond acceptors (Lipinski definition) is 9. The number of nitrogens with one attached hydrogen (secondary N) is 1. The van der Waals surface area contributed by atoms with E-state index in [2.05, 4.69) is 10.3 Å². The van der Waals surface area contributed by atoms with Crippen molar-refractivity contribution in [2.24, 2.45) is 0 Å². The minimum atomic E-state index is -0.459. The first-order valence-electron chi connectivity index (χ1n) is 13.7. The average molecular weight is 584 g/mol. The number of ether oxygens (including phenoxy) is 3. The lowest BCUT2D eigenvalue weighted by Gasteiger charge is -2.22. The first kappa shape index (κ1) is 27.8. The van der Waals surface area contributed by atoms with Gasteiger partial charge in [-0.25, -0.2) is 14.2 Å². The second-order valence-corrected chi connectivity index (χ2v) is 10.1. The third-order valence-electron chi connectivity index (χ3n) is 6.99. The molecule has 0 radical (unpaired) electrons. The van der Waals surface area contributed by atoms with Crippen molar-refractivity contribution in [3.8, 4) is 17.2 Å². The van der Waals surface area contributed by atoms with Gasteiger partial charge in [0.05, 0.1) is 12.9 Å². The minimum absolute atomic E-state index is 0.207. The van der Waals surface area contributed by atoms with E-state index in [1.165, 1.54) is 17.0 Å². The van der Waals surface area contributed by atoms with Gasteiger partial charge in [0.15, 0.2) is 28.5 Å². The van der Waals surface area contributed by atoms with E-state index in [-0.39, 0.29) is 12.6 Å². The summed E-state index contributed by atoms with van der Waals surface area (Å²) in [6, 6.07) is 21.0. The number of nitrogens with zero attached hydrogens (tertiary/aromatic N) is 6. The summed E-state index contributed by atoms with van der Waals surface area (Å²) in [5.74, 6) is 2.61. The Hall–Kier alpha value is -5.39. The predicted octanol–water partition coefficient (Wildman–Crippen LogP) is 4.92. The minimum Gasteiger partial charge on any atom is -0.454 e. The molecule has 0 fully saturated rings. The van der Waals surface area contributed by atoms with Crippen molar-refractivity contribution in [1.29, 1.82) is 0 Å². The van der Waals surface area contributed by atoms with Crippen molar-refractivity contribution in [1.82, 2.24) is 24.4 Å². The van der Waals surface area contributed by atoms with Gasteiger partial charge in [0.2, 0.25) is 12.7 Å². The lowest BCUT2D eigenvalue weighted by molar-refractivity contribution is 0.164. The second-order valence-electron chi connectivity index (χ2n) is 10.1. The van der Waals surface area contributed by atoms with Crippen LogP contribution in [0.4, 0.5) is 21.0 Å². The third kappa shape index (κ3) is 6.43. The van der Waals surface area contributed by atoms with Crippen molar-refractivity contribution >= 4 is 29.0 Å². The number of fused-ring (bicyclic) bond motifs is 2. The van der Waals surface area contributed by atoms with Gasteiger partial charge in [-0.2, -0.15) is 9.97 Å². The maximum atomic E-state index is 13.5. The van der Waals surface area contributed by atoms with Crippen LogP contribution in [0, 0.1) is 5.82 Å². The van der Waals surface area contributed by atoms with Crippen LogP contribution in [-0.4, -0.2) is 64.5 Å². The molecular weight excluding hydrogens is 553 g/mol. The second kappa shape index (κ2) is 12.2. The number of anilines is 2. The number of benzene rings is 3. The topological polar surface area (TPSA) is 107 Å². The van der Waals surface area contributed by atoms with Gasteiger partial charge in [0.1, 0.15) is 11.6 Å². The van der Waals surface area contributed by atoms with Gasteiger partial charge in [-0.05, 0) is 47.5 Å². The van der Waals surface area contributed by atoms with E-state index in [0.29, 0.717) is 66.4 Å². The van der Waals surface area contributed by atoms with Crippen molar-refractivity contribution in [2.45, 2.75) is 13.1 Å². The largest absolute Gasteiger partial charge is 0.454 e. The van der Waals surface area contributed by atoms with Crippen molar-refractivity contribution in [3.63, 3.8) is 0 Å². The van der Waals surface area contributed by atoms with Crippen LogP contribution in [0.1, 0.15) is 11.1 Å². The molecule has 220 valence electrons. The van der Waals surface area contributed by atoms with Gasteiger partial charge < -0.3 is 33.9 Å². The molecule has 11 nitrogen and oxygen atoms in total. The van der Waals surface area contributed by atoms with Crippen LogP contribution in [0.2, 0.25) is 0 Å². The van der Waals surface area contributed by atoms with Gasteiger partial charge >= 0.3 is 6.09 Å². The summed E-state index contributed by atoms with van der Waals surface area (Å²) in [5, 5.41) is 3.40. The average Bonchev–Trinajstić information content (AvgIpc) is 3.67.